The molecule has 4 atom stereocenters. The maximum absolute atomic E-state index is 13.0. The molecule has 4 fully saturated rings. The number of piperidine rings is 1. The molecule has 148 valence electrons. The van der Waals surface area contributed by atoms with Crippen LogP contribution in [-0.4, -0.2) is 78.7 Å². The Hall–Kier alpha value is -2.25. The number of carbonyl (C=O) groups excluding carboxylic acids is 1. The Labute approximate surface area is 164 Å². The summed E-state index contributed by atoms with van der Waals surface area (Å²) in [4.78, 5) is 23.4. The van der Waals surface area contributed by atoms with Crippen LogP contribution in [0, 0.1) is 17.4 Å². The largest absolute Gasteiger partial charge is 0.307 e. The molecule has 0 radical (unpaired) electrons. The smallest absolute Gasteiger partial charge is 0.247 e. The molecule has 5 rings (SSSR count). The zero-order valence-corrected chi connectivity index (χ0v) is 15.8. The third-order valence-electron chi connectivity index (χ3n) is 6.63. The molecule has 3 unspecified atom stereocenters. The standard InChI is InChI=1S/C19H26N8O/c20-12-25-5-6-26-7-8-27(19(28)16(26)11-25)17-2-1-13(9-22-17)14-3-4-21-18-15(14)10-23-24-18/h1-2,9,14-16,18,21,23-24H,3-8,10-11H2/t14?,15?,16-,18?/m1/s1. The van der Waals surface area contributed by atoms with Crippen molar-refractivity contribution in [2.24, 2.45) is 5.92 Å². The van der Waals surface area contributed by atoms with Gasteiger partial charge in [0.2, 0.25) is 5.91 Å². The van der Waals surface area contributed by atoms with Crippen LogP contribution in [0.3, 0.4) is 0 Å². The van der Waals surface area contributed by atoms with E-state index in [1.165, 1.54) is 5.56 Å². The maximum Gasteiger partial charge on any atom is 0.247 e. The van der Waals surface area contributed by atoms with Crippen LogP contribution in [0.25, 0.3) is 0 Å². The number of piperazine rings is 2. The fraction of sp³-hybridized carbons (Fsp3) is 0.632. The van der Waals surface area contributed by atoms with Gasteiger partial charge in [0.15, 0.2) is 6.19 Å². The number of hydrazine groups is 1. The van der Waals surface area contributed by atoms with Crippen molar-refractivity contribution in [3.63, 3.8) is 0 Å². The van der Waals surface area contributed by atoms with Gasteiger partial charge in [0.25, 0.3) is 0 Å². The number of nitriles is 1. The number of carbonyl (C=O) groups is 1. The molecule has 0 saturated carbocycles. The van der Waals surface area contributed by atoms with E-state index >= 15 is 0 Å². The van der Waals surface area contributed by atoms with Gasteiger partial charge in [-0.15, -0.1) is 0 Å². The van der Waals surface area contributed by atoms with Gasteiger partial charge >= 0.3 is 0 Å². The minimum Gasteiger partial charge on any atom is -0.307 e. The highest BCUT2D eigenvalue weighted by Gasteiger charge is 2.40. The first-order chi connectivity index (χ1) is 13.7. The summed E-state index contributed by atoms with van der Waals surface area (Å²) >= 11 is 0. The predicted octanol–water partition coefficient (Wildman–Crippen LogP) is -0.978. The van der Waals surface area contributed by atoms with Gasteiger partial charge in [0.1, 0.15) is 11.9 Å². The van der Waals surface area contributed by atoms with Gasteiger partial charge in [-0.1, -0.05) is 6.07 Å². The summed E-state index contributed by atoms with van der Waals surface area (Å²) in [7, 11) is 0. The van der Waals surface area contributed by atoms with E-state index in [-0.39, 0.29) is 11.9 Å². The van der Waals surface area contributed by atoms with Crippen LogP contribution in [0.2, 0.25) is 0 Å². The summed E-state index contributed by atoms with van der Waals surface area (Å²) in [5, 5.41) is 12.7. The molecule has 1 aromatic heterocycles. The van der Waals surface area contributed by atoms with E-state index in [4.69, 9.17) is 0 Å². The van der Waals surface area contributed by atoms with E-state index in [1.54, 1.807) is 9.80 Å². The van der Waals surface area contributed by atoms with Crippen LogP contribution < -0.4 is 21.1 Å². The van der Waals surface area contributed by atoms with Gasteiger partial charge in [0, 0.05) is 44.8 Å². The second-order valence-electron chi connectivity index (χ2n) is 8.05. The van der Waals surface area contributed by atoms with E-state index in [9.17, 15) is 10.1 Å². The molecule has 5 heterocycles. The van der Waals surface area contributed by atoms with Crippen molar-refractivity contribution >= 4 is 11.7 Å². The lowest BCUT2D eigenvalue weighted by atomic mass is 9.80. The minimum absolute atomic E-state index is 0.0533. The first kappa shape index (κ1) is 17.8. The number of rotatable bonds is 2. The molecule has 1 amide bonds. The lowest BCUT2D eigenvalue weighted by molar-refractivity contribution is -0.127. The molecule has 0 spiro atoms. The predicted molar refractivity (Wildman–Crippen MR) is 103 cm³/mol. The molecule has 4 aliphatic rings. The Bertz CT molecular complexity index is 777. The Morgan fingerprint density at radius 2 is 2.11 bits per heavy atom. The highest BCUT2D eigenvalue weighted by Crippen LogP contribution is 2.34. The number of anilines is 1. The van der Waals surface area contributed by atoms with E-state index < -0.39 is 0 Å². The monoisotopic (exact) mass is 382 g/mol. The van der Waals surface area contributed by atoms with E-state index in [1.807, 2.05) is 12.3 Å². The number of nitrogens with one attached hydrogen (secondary N) is 3. The first-order valence-corrected chi connectivity index (χ1v) is 10.1. The van der Waals surface area contributed by atoms with Gasteiger partial charge < -0.3 is 10.2 Å². The summed E-state index contributed by atoms with van der Waals surface area (Å²) in [6.07, 6.45) is 5.53. The summed E-state index contributed by atoms with van der Waals surface area (Å²) in [5.74, 6) is 1.74. The lowest BCUT2D eigenvalue weighted by Gasteiger charge is -2.44. The number of nitrogens with zero attached hydrogens (tertiary/aromatic N) is 5. The quantitative estimate of drug-likeness (QED) is 0.562. The Kier molecular flexibility index (Phi) is 4.64. The van der Waals surface area contributed by atoms with Crippen molar-refractivity contribution in [3.05, 3.63) is 23.9 Å². The highest BCUT2D eigenvalue weighted by molar-refractivity contribution is 5.97. The molecule has 9 heteroatoms. The summed E-state index contributed by atoms with van der Waals surface area (Å²) in [5.41, 5.74) is 7.79. The number of fused-ring (bicyclic) bond motifs is 2. The van der Waals surface area contributed by atoms with Crippen LogP contribution >= 0.6 is 0 Å². The average Bonchev–Trinajstić information content (AvgIpc) is 3.23. The second kappa shape index (κ2) is 7.29. The van der Waals surface area contributed by atoms with Crippen molar-refractivity contribution in [2.75, 3.05) is 50.7 Å². The fourth-order valence-corrected chi connectivity index (χ4v) is 5.05. The molecule has 3 N–H and O–H groups in total. The molecule has 0 aliphatic carbocycles. The van der Waals surface area contributed by atoms with Crippen LogP contribution in [0.15, 0.2) is 18.3 Å². The fourth-order valence-electron chi connectivity index (χ4n) is 5.05. The summed E-state index contributed by atoms with van der Waals surface area (Å²) in [6, 6.07) is 3.88. The number of aromatic nitrogens is 1. The van der Waals surface area contributed by atoms with Gasteiger partial charge in [-0.2, -0.15) is 5.26 Å². The van der Waals surface area contributed by atoms with Crippen molar-refractivity contribution in [3.8, 4) is 6.19 Å². The Morgan fingerprint density at radius 3 is 2.93 bits per heavy atom. The zero-order valence-electron chi connectivity index (χ0n) is 15.8. The number of amides is 1. The minimum atomic E-state index is -0.246. The van der Waals surface area contributed by atoms with E-state index in [0.717, 1.165) is 38.4 Å². The molecule has 0 bridgehead atoms. The molecular weight excluding hydrogens is 356 g/mol. The lowest BCUT2D eigenvalue weighted by Crippen LogP contribution is -2.64. The number of hydrogen-bond donors (Lipinski definition) is 3. The number of pyridine rings is 1. The third-order valence-corrected chi connectivity index (χ3v) is 6.63. The summed E-state index contributed by atoms with van der Waals surface area (Å²) < 4.78 is 0. The first-order valence-electron chi connectivity index (χ1n) is 10.1. The normalized spacial score (nSPS) is 33.3. The zero-order chi connectivity index (χ0) is 19.1. The van der Waals surface area contributed by atoms with Gasteiger partial charge in [-0.05, 0) is 30.5 Å². The SMILES string of the molecule is N#CN1CCN2CCN(c3ccc(C4CCNC5NNCC54)cn3)C(=O)[C@H]2C1. The van der Waals surface area contributed by atoms with Crippen LogP contribution in [0.5, 0.6) is 0 Å². The molecule has 0 aromatic carbocycles. The van der Waals surface area contributed by atoms with E-state index in [2.05, 4.69) is 38.3 Å². The Morgan fingerprint density at radius 1 is 1.21 bits per heavy atom. The molecule has 4 aliphatic heterocycles. The van der Waals surface area contributed by atoms with E-state index in [0.29, 0.717) is 37.6 Å². The van der Waals surface area contributed by atoms with Gasteiger partial charge in [-0.3, -0.25) is 20.0 Å². The van der Waals surface area contributed by atoms with Crippen molar-refractivity contribution in [1.29, 1.82) is 5.26 Å². The average molecular weight is 382 g/mol. The summed E-state index contributed by atoms with van der Waals surface area (Å²) in [6.45, 7) is 5.36. The molecule has 4 saturated heterocycles. The molecule has 28 heavy (non-hydrogen) atoms. The Balaban J connectivity index is 1.32. The van der Waals surface area contributed by atoms with Crippen molar-refractivity contribution < 1.29 is 4.79 Å². The molecular formula is C19H26N8O. The topological polar surface area (TPSA) is 99.6 Å². The van der Waals surface area contributed by atoms with Gasteiger partial charge in [-0.25, -0.2) is 10.4 Å². The molecule has 9 nitrogen and oxygen atoms in total. The van der Waals surface area contributed by atoms with Crippen LogP contribution in [0.4, 0.5) is 5.82 Å². The maximum atomic E-state index is 13.0. The second-order valence-corrected chi connectivity index (χ2v) is 8.05. The van der Waals surface area contributed by atoms with Gasteiger partial charge in [0.05, 0.1) is 12.7 Å². The van der Waals surface area contributed by atoms with Crippen LogP contribution in [0.1, 0.15) is 17.9 Å². The van der Waals surface area contributed by atoms with Crippen molar-refractivity contribution in [2.45, 2.75) is 24.5 Å². The van der Waals surface area contributed by atoms with Crippen molar-refractivity contribution in [1.82, 2.24) is 31.0 Å². The number of hydrogen-bond acceptors (Lipinski definition) is 8. The molecule has 1 aromatic rings. The highest BCUT2D eigenvalue weighted by atomic mass is 16.2. The van der Waals surface area contributed by atoms with Crippen LogP contribution in [-0.2, 0) is 4.79 Å². The third kappa shape index (κ3) is 3.02.